The van der Waals surface area contributed by atoms with Gasteiger partial charge in [-0.15, -0.1) is 0 Å². The lowest BCUT2D eigenvalue weighted by atomic mass is 10.0. The molecule has 1 heteroatoms. The highest BCUT2D eigenvalue weighted by Gasteiger charge is 1.94. The number of aliphatic hydroxyl groups is 1. The maximum absolute atomic E-state index is 8.90. The molecule has 1 aromatic carbocycles. The number of hydrogen-bond donors (Lipinski definition) is 1. The van der Waals surface area contributed by atoms with Crippen molar-refractivity contribution in [3.63, 3.8) is 0 Å². The first-order valence-corrected chi connectivity index (χ1v) is 5.61. The molecular weight excluding hydrogens is 184 g/mol. The first kappa shape index (κ1) is 11.8. The van der Waals surface area contributed by atoms with Crippen LogP contribution in [0.2, 0.25) is 0 Å². The van der Waals surface area contributed by atoms with Crippen molar-refractivity contribution in [3.05, 3.63) is 47.7 Å². The highest BCUT2D eigenvalue weighted by Crippen LogP contribution is 2.10. The normalized spacial score (nSPS) is 10.2. The number of hydrogen-bond acceptors (Lipinski definition) is 1. The fourth-order valence-electron chi connectivity index (χ4n) is 1.59. The van der Waals surface area contributed by atoms with Gasteiger partial charge >= 0.3 is 0 Å². The Balaban J connectivity index is 2.15. The number of rotatable bonds is 6. The molecule has 1 rings (SSSR count). The quantitative estimate of drug-likeness (QED) is 0.544. The Kier molecular flexibility index (Phi) is 4.96. The molecule has 1 aromatic rings. The molecule has 0 aliphatic carbocycles. The fourth-order valence-corrected chi connectivity index (χ4v) is 1.59. The van der Waals surface area contributed by atoms with E-state index in [0.29, 0.717) is 5.76 Å². The maximum Gasteiger partial charge on any atom is 0.0851 e. The summed E-state index contributed by atoms with van der Waals surface area (Å²) >= 11 is 0. The third kappa shape index (κ3) is 5.26. The van der Waals surface area contributed by atoms with Gasteiger partial charge in [0, 0.05) is 6.42 Å². The molecule has 0 amide bonds. The van der Waals surface area contributed by atoms with Crippen LogP contribution in [-0.4, -0.2) is 5.11 Å². The summed E-state index contributed by atoms with van der Waals surface area (Å²) < 4.78 is 0. The Morgan fingerprint density at radius 3 is 2.40 bits per heavy atom. The predicted octanol–water partition coefficient (Wildman–Crippen LogP) is 4.17. The van der Waals surface area contributed by atoms with Crippen molar-refractivity contribution in [2.75, 3.05) is 0 Å². The van der Waals surface area contributed by atoms with Crippen LogP contribution in [-0.2, 0) is 6.42 Å². The van der Waals surface area contributed by atoms with Crippen LogP contribution >= 0.6 is 0 Å². The van der Waals surface area contributed by atoms with E-state index < -0.39 is 0 Å². The van der Waals surface area contributed by atoms with Gasteiger partial charge < -0.3 is 5.11 Å². The first-order valence-electron chi connectivity index (χ1n) is 5.61. The smallest absolute Gasteiger partial charge is 0.0851 e. The van der Waals surface area contributed by atoms with Crippen molar-refractivity contribution in [1.82, 2.24) is 0 Å². The average molecular weight is 204 g/mol. The zero-order valence-electron chi connectivity index (χ0n) is 9.50. The number of benzene rings is 1. The lowest BCUT2D eigenvalue weighted by Gasteiger charge is -2.02. The van der Waals surface area contributed by atoms with Crippen molar-refractivity contribution < 1.29 is 5.11 Å². The number of unbranched alkanes of at least 4 members (excludes halogenated alkanes) is 2. The molecule has 0 bridgehead atoms. The molecule has 0 radical (unpaired) electrons. The van der Waals surface area contributed by atoms with Gasteiger partial charge in [0.2, 0.25) is 0 Å². The minimum Gasteiger partial charge on any atom is -0.513 e. The van der Waals surface area contributed by atoms with Crippen LogP contribution < -0.4 is 0 Å². The van der Waals surface area contributed by atoms with Gasteiger partial charge in [-0.2, -0.15) is 0 Å². The number of aryl methyl sites for hydroxylation is 2. The second-order valence-corrected chi connectivity index (χ2v) is 4.11. The number of allylic oxidation sites excluding steroid dienone is 1. The SMILES string of the molecule is C=C(O)CCCCCc1ccc(C)cc1. The summed E-state index contributed by atoms with van der Waals surface area (Å²) in [5.41, 5.74) is 2.72. The van der Waals surface area contributed by atoms with E-state index in [4.69, 9.17) is 5.11 Å². The molecule has 0 spiro atoms. The predicted molar refractivity (Wildman–Crippen MR) is 65.1 cm³/mol. The van der Waals surface area contributed by atoms with Gasteiger partial charge in [-0.3, -0.25) is 0 Å². The molecule has 0 heterocycles. The fraction of sp³-hybridized carbons (Fsp3) is 0.429. The third-order valence-electron chi connectivity index (χ3n) is 2.55. The molecule has 15 heavy (non-hydrogen) atoms. The Morgan fingerprint density at radius 1 is 1.13 bits per heavy atom. The summed E-state index contributed by atoms with van der Waals surface area (Å²) in [4.78, 5) is 0. The molecule has 0 aliphatic rings. The molecule has 0 aromatic heterocycles. The van der Waals surface area contributed by atoms with Crippen molar-refractivity contribution in [1.29, 1.82) is 0 Å². The summed E-state index contributed by atoms with van der Waals surface area (Å²) in [5.74, 6) is 0.310. The molecule has 0 saturated carbocycles. The second kappa shape index (κ2) is 6.28. The van der Waals surface area contributed by atoms with Crippen molar-refractivity contribution >= 4 is 0 Å². The largest absolute Gasteiger partial charge is 0.513 e. The van der Waals surface area contributed by atoms with Crippen molar-refractivity contribution in [2.24, 2.45) is 0 Å². The van der Waals surface area contributed by atoms with E-state index in [0.717, 1.165) is 25.7 Å². The molecular formula is C14H20O. The third-order valence-corrected chi connectivity index (χ3v) is 2.55. The Bertz CT molecular complexity index is 298. The molecule has 1 nitrogen and oxygen atoms in total. The Morgan fingerprint density at radius 2 is 1.80 bits per heavy atom. The van der Waals surface area contributed by atoms with Crippen molar-refractivity contribution in [2.45, 2.75) is 39.0 Å². The van der Waals surface area contributed by atoms with Crippen LogP contribution in [0.3, 0.4) is 0 Å². The molecule has 0 atom stereocenters. The van der Waals surface area contributed by atoms with Gasteiger partial charge in [-0.05, 0) is 31.7 Å². The monoisotopic (exact) mass is 204 g/mol. The summed E-state index contributed by atoms with van der Waals surface area (Å²) in [7, 11) is 0. The standard InChI is InChI=1S/C14H20O/c1-12-8-10-14(11-9-12)7-5-3-4-6-13(2)15/h8-11,15H,2-7H2,1H3. The highest BCUT2D eigenvalue weighted by molar-refractivity contribution is 5.21. The van der Waals surface area contributed by atoms with E-state index in [9.17, 15) is 0 Å². The van der Waals surface area contributed by atoms with Crippen molar-refractivity contribution in [3.8, 4) is 0 Å². The molecule has 0 saturated heterocycles. The molecule has 0 unspecified atom stereocenters. The Hall–Kier alpha value is -1.24. The average Bonchev–Trinajstić information content (AvgIpc) is 2.20. The van der Waals surface area contributed by atoms with E-state index in [2.05, 4.69) is 37.8 Å². The van der Waals surface area contributed by atoms with Crippen LogP contribution in [0, 0.1) is 6.92 Å². The van der Waals surface area contributed by atoms with Gasteiger partial charge in [-0.25, -0.2) is 0 Å². The van der Waals surface area contributed by atoms with E-state index >= 15 is 0 Å². The van der Waals surface area contributed by atoms with E-state index in [1.54, 1.807) is 0 Å². The van der Waals surface area contributed by atoms with Gasteiger partial charge in [0.05, 0.1) is 5.76 Å². The maximum atomic E-state index is 8.90. The molecule has 0 aliphatic heterocycles. The van der Waals surface area contributed by atoms with Crippen LogP contribution in [0.15, 0.2) is 36.6 Å². The second-order valence-electron chi connectivity index (χ2n) is 4.11. The summed E-state index contributed by atoms with van der Waals surface area (Å²) in [6.45, 7) is 5.58. The van der Waals surface area contributed by atoms with E-state index in [-0.39, 0.29) is 0 Å². The summed E-state index contributed by atoms with van der Waals surface area (Å²) in [6, 6.07) is 8.70. The zero-order chi connectivity index (χ0) is 11.1. The minimum absolute atomic E-state index is 0.310. The van der Waals surface area contributed by atoms with Crippen LogP contribution in [0.25, 0.3) is 0 Å². The molecule has 82 valence electrons. The number of aliphatic hydroxyl groups excluding tert-OH is 1. The van der Waals surface area contributed by atoms with Gasteiger partial charge in [-0.1, -0.05) is 42.8 Å². The summed E-state index contributed by atoms with van der Waals surface area (Å²) in [5, 5.41) is 8.90. The first-order chi connectivity index (χ1) is 7.18. The Labute approximate surface area is 92.5 Å². The highest BCUT2D eigenvalue weighted by atomic mass is 16.3. The lowest BCUT2D eigenvalue weighted by Crippen LogP contribution is -1.87. The van der Waals surface area contributed by atoms with Gasteiger partial charge in [0.25, 0.3) is 0 Å². The molecule has 1 N–H and O–H groups in total. The van der Waals surface area contributed by atoms with Gasteiger partial charge in [0.15, 0.2) is 0 Å². The molecule has 0 fully saturated rings. The van der Waals surface area contributed by atoms with Crippen LogP contribution in [0.5, 0.6) is 0 Å². The summed E-state index contributed by atoms with van der Waals surface area (Å²) in [6.07, 6.45) is 5.27. The zero-order valence-corrected chi connectivity index (χ0v) is 9.50. The lowest BCUT2D eigenvalue weighted by molar-refractivity contribution is 0.384. The van der Waals surface area contributed by atoms with Gasteiger partial charge in [0.1, 0.15) is 0 Å². The topological polar surface area (TPSA) is 20.2 Å². The van der Waals surface area contributed by atoms with E-state index in [1.165, 1.54) is 17.5 Å². The van der Waals surface area contributed by atoms with Crippen LogP contribution in [0.1, 0.15) is 36.8 Å². The van der Waals surface area contributed by atoms with Crippen LogP contribution in [0.4, 0.5) is 0 Å². The van der Waals surface area contributed by atoms with E-state index in [1.807, 2.05) is 0 Å². The minimum atomic E-state index is 0.310.